The minimum atomic E-state index is -1.15. The van der Waals surface area contributed by atoms with Crippen molar-refractivity contribution in [2.24, 2.45) is 0 Å². The van der Waals surface area contributed by atoms with Gasteiger partial charge in [-0.2, -0.15) is 0 Å². The summed E-state index contributed by atoms with van der Waals surface area (Å²) in [6.07, 6.45) is 2.73. The molecule has 212 valence electrons. The molecule has 1 N–H and O–H groups in total. The van der Waals surface area contributed by atoms with Gasteiger partial charge in [0.25, 0.3) is 11.5 Å². The SMILES string of the molecule is Cc1cccc(-c2cc(=O)n(CC3(O)CCN(C(=O)C[C@@H](C)c4ccccc4)CC3)cc2C(=O)N(C)C(C)C)c1. The lowest BCUT2D eigenvalue weighted by Crippen LogP contribution is -2.49. The summed E-state index contributed by atoms with van der Waals surface area (Å²) in [5.74, 6) is 0.00260. The molecule has 1 saturated heterocycles. The van der Waals surface area contributed by atoms with Crippen LogP contribution in [0.4, 0.5) is 0 Å². The molecule has 3 aromatic rings. The number of aryl methyl sites for hydroxylation is 1. The molecule has 1 atom stereocenters. The van der Waals surface area contributed by atoms with Crippen LogP contribution in [0.25, 0.3) is 11.1 Å². The Labute approximate surface area is 237 Å². The summed E-state index contributed by atoms with van der Waals surface area (Å²) < 4.78 is 1.45. The predicted octanol–water partition coefficient (Wildman–Crippen LogP) is 4.85. The zero-order valence-electron chi connectivity index (χ0n) is 24.3. The normalized spacial score (nSPS) is 15.6. The van der Waals surface area contributed by atoms with Crippen molar-refractivity contribution in [3.8, 4) is 11.1 Å². The van der Waals surface area contributed by atoms with Crippen molar-refractivity contribution < 1.29 is 14.7 Å². The molecule has 0 spiro atoms. The molecule has 7 heteroatoms. The number of carbonyl (C=O) groups excluding carboxylic acids is 2. The van der Waals surface area contributed by atoms with Crippen molar-refractivity contribution in [3.05, 3.63) is 93.9 Å². The van der Waals surface area contributed by atoms with Gasteiger partial charge in [0, 0.05) is 50.4 Å². The summed E-state index contributed by atoms with van der Waals surface area (Å²) in [5, 5.41) is 11.5. The van der Waals surface area contributed by atoms with Crippen LogP contribution in [0.5, 0.6) is 0 Å². The van der Waals surface area contributed by atoms with Crippen LogP contribution in [0.1, 0.15) is 67.4 Å². The molecule has 0 unspecified atom stereocenters. The highest BCUT2D eigenvalue weighted by Crippen LogP contribution is 2.29. The van der Waals surface area contributed by atoms with E-state index in [1.54, 1.807) is 18.1 Å². The van der Waals surface area contributed by atoms with Crippen molar-refractivity contribution in [3.63, 3.8) is 0 Å². The monoisotopic (exact) mass is 543 g/mol. The molecule has 0 saturated carbocycles. The molecule has 0 bridgehead atoms. The second-order valence-corrected chi connectivity index (χ2v) is 11.6. The standard InChI is InChI=1S/C33H41N3O4/c1-23(2)34(5)32(39)29-21-36(31(38)20-28(29)27-13-9-10-24(3)18-27)22-33(40)14-16-35(17-15-33)30(37)19-25(4)26-11-7-6-8-12-26/h6-13,18,20-21,23,25,40H,14-17,19,22H2,1-5H3/t25-/m1/s1. The van der Waals surface area contributed by atoms with E-state index >= 15 is 0 Å². The molecule has 0 radical (unpaired) electrons. The minimum absolute atomic E-state index is 0.0195. The predicted molar refractivity (Wildman–Crippen MR) is 158 cm³/mol. The van der Waals surface area contributed by atoms with Crippen LogP contribution in [0, 0.1) is 6.92 Å². The Morgan fingerprint density at radius 1 is 1.00 bits per heavy atom. The first-order chi connectivity index (χ1) is 19.0. The number of carbonyl (C=O) groups is 2. The first-order valence-corrected chi connectivity index (χ1v) is 14.1. The topological polar surface area (TPSA) is 82.9 Å². The van der Waals surface area contributed by atoms with E-state index in [4.69, 9.17) is 0 Å². The van der Waals surface area contributed by atoms with Crippen LogP contribution >= 0.6 is 0 Å². The van der Waals surface area contributed by atoms with Gasteiger partial charge in [0.2, 0.25) is 5.91 Å². The van der Waals surface area contributed by atoms with Crippen LogP contribution in [0.3, 0.4) is 0 Å². The molecule has 2 heterocycles. The Morgan fingerprint density at radius 2 is 1.68 bits per heavy atom. The first-order valence-electron chi connectivity index (χ1n) is 14.1. The Morgan fingerprint density at radius 3 is 2.30 bits per heavy atom. The number of hydrogen-bond acceptors (Lipinski definition) is 4. The number of benzene rings is 2. The van der Waals surface area contributed by atoms with Crippen LogP contribution in [-0.4, -0.2) is 63.1 Å². The van der Waals surface area contributed by atoms with Gasteiger partial charge in [0.05, 0.1) is 17.7 Å². The van der Waals surface area contributed by atoms with Gasteiger partial charge in [-0.05, 0) is 50.7 Å². The van der Waals surface area contributed by atoms with Crippen LogP contribution in [0.2, 0.25) is 0 Å². The van der Waals surface area contributed by atoms with Gasteiger partial charge in [-0.1, -0.05) is 67.1 Å². The highest BCUT2D eigenvalue weighted by molar-refractivity contribution is 6.00. The maximum absolute atomic E-state index is 13.5. The largest absolute Gasteiger partial charge is 0.388 e. The number of hydrogen-bond donors (Lipinski definition) is 1. The first kappa shape index (κ1) is 29.3. The van der Waals surface area contributed by atoms with Crippen molar-refractivity contribution >= 4 is 11.8 Å². The summed E-state index contributed by atoms with van der Waals surface area (Å²) >= 11 is 0. The smallest absolute Gasteiger partial charge is 0.255 e. The molecule has 2 aromatic carbocycles. The van der Waals surface area contributed by atoms with Crippen molar-refractivity contribution in [1.29, 1.82) is 0 Å². The Balaban J connectivity index is 1.52. The van der Waals surface area contributed by atoms with E-state index in [0.717, 1.165) is 16.7 Å². The molecule has 40 heavy (non-hydrogen) atoms. The van der Waals surface area contributed by atoms with Crippen molar-refractivity contribution in [1.82, 2.24) is 14.4 Å². The lowest BCUT2D eigenvalue weighted by Gasteiger charge is -2.39. The Kier molecular flexibility index (Phi) is 8.94. The third-order valence-corrected chi connectivity index (χ3v) is 8.14. The van der Waals surface area contributed by atoms with E-state index in [2.05, 4.69) is 6.92 Å². The molecule has 1 fully saturated rings. The number of piperidine rings is 1. The summed E-state index contributed by atoms with van der Waals surface area (Å²) in [5.41, 5.74) is 2.55. The zero-order valence-corrected chi connectivity index (χ0v) is 24.3. The van der Waals surface area contributed by atoms with E-state index < -0.39 is 5.60 Å². The maximum Gasteiger partial charge on any atom is 0.255 e. The Bertz CT molecular complexity index is 1400. The van der Waals surface area contributed by atoms with Gasteiger partial charge in [-0.15, -0.1) is 0 Å². The van der Waals surface area contributed by atoms with E-state index in [0.29, 0.717) is 43.5 Å². The van der Waals surface area contributed by atoms with Crippen molar-refractivity contribution in [2.75, 3.05) is 20.1 Å². The second kappa shape index (κ2) is 12.2. The molecule has 1 aliphatic heterocycles. The number of likely N-dealkylation sites (tertiary alicyclic amines) is 1. The van der Waals surface area contributed by atoms with Crippen molar-refractivity contribution in [2.45, 2.75) is 71.1 Å². The molecular formula is C33H41N3O4. The minimum Gasteiger partial charge on any atom is -0.388 e. The quantitative estimate of drug-likeness (QED) is 0.440. The fourth-order valence-corrected chi connectivity index (χ4v) is 5.28. The van der Waals surface area contributed by atoms with Gasteiger partial charge in [-0.25, -0.2) is 0 Å². The van der Waals surface area contributed by atoms with Gasteiger partial charge in [-0.3, -0.25) is 14.4 Å². The van der Waals surface area contributed by atoms with E-state index in [1.807, 2.05) is 80.3 Å². The number of aromatic nitrogens is 1. The average molecular weight is 544 g/mol. The lowest BCUT2D eigenvalue weighted by atomic mass is 9.90. The Hall–Kier alpha value is -3.71. The number of rotatable bonds is 8. The fraction of sp³-hybridized carbons (Fsp3) is 0.424. The van der Waals surface area contributed by atoms with E-state index in [1.165, 1.54) is 10.6 Å². The van der Waals surface area contributed by atoms with Gasteiger partial charge in [0.15, 0.2) is 0 Å². The van der Waals surface area contributed by atoms with Gasteiger partial charge in [0.1, 0.15) is 0 Å². The zero-order chi connectivity index (χ0) is 29.0. The molecule has 1 aliphatic rings. The maximum atomic E-state index is 13.5. The van der Waals surface area contributed by atoms with Crippen LogP contribution < -0.4 is 5.56 Å². The summed E-state index contributed by atoms with van der Waals surface area (Å²) in [4.78, 5) is 43.2. The van der Waals surface area contributed by atoms with Gasteiger partial charge >= 0.3 is 0 Å². The van der Waals surface area contributed by atoms with Crippen LogP contribution in [0.15, 0.2) is 71.7 Å². The number of aliphatic hydroxyl groups is 1. The van der Waals surface area contributed by atoms with E-state index in [-0.39, 0.29) is 35.9 Å². The van der Waals surface area contributed by atoms with Gasteiger partial charge < -0.3 is 19.5 Å². The fourth-order valence-electron chi connectivity index (χ4n) is 5.28. The highest BCUT2D eigenvalue weighted by atomic mass is 16.3. The lowest BCUT2D eigenvalue weighted by molar-refractivity contribution is -0.136. The van der Waals surface area contributed by atoms with Crippen LogP contribution in [-0.2, 0) is 11.3 Å². The number of nitrogens with zero attached hydrogens (tertiary/aromatic N) is 3. The summed E-state index contributed by atoms with van der Waals surface area (Å²) in [6, 6.07) is 19.2. The van der Waals surface area contributed by atoms with E-state index in [9.17, 15) is 19.5 Å². The average Bonchev–Trinajstić information content (AvgIpc) is 2.93. The molecule has 0 aliphatic carbocycles. The highest BCUT2D eigenvalue weighted by Gasteiger charge is 2.35. The summed E-state index contributed by atoms with van der Waals surface area (Å²) in [6.45, 7) is 8.83. The molecule has 4 rings (SSSR count). The third kappa shape index (κ3) is 6.70. The summed E-state index contributed by atoms with van der Waals surface area (Å²) in [7, 11) is 1.75. The molecule has 2 amide bonds. The molecule has 7 nitrogen and oxygen atoms in total. The number of pyridine rings is 1. The molecular weight excluding hydrogens is 502 g/mol. The second-order valence-electron chi connectivity index (χ2n) is 11.6. The number of amides is 2. The third-order valence-electron chi connectivity index (χ3n) is 8.14. The molecule has 1 aromatic heterocycles.